The molecule has 0 radical (unpaired) electrons. The second kappa shape index (κ2) is 6.05. The number of rotatable bonds is 3. The van der Waals surface area contributed by atoms with Crippen LogP contribution in [0.5, 0.6) is 11.6 Å². The predicted octanol–water partition coefficient (Wildman–Crippen LogP) is 4.85. The molecule has 0 saturated carbocycles. The molecule has 0 aliphatic heterocycles. The first-order valence-electron chi connectivity index (χ1n) is 7.76. The van der Waals surface area contributed by atoms with Gasteiger partial charge in [0.15, 0.2) is 5.65 Å². The van der Waals surface area contributed by atoms with E-state index < -0.39 is 0 Å². The third-order valence-electron chi connectivity index (χ3n) is 3.94. The lowest BCUT2D eigenvalue weighted by Crippen LogP contribution is -1.96. The molecule has 0 aliphatic carbocycles. The molecule has 3 heterocycles. The van der Waals surface area contributed by atoms with Crippen molar-refractivity contribution in [3.05, 3.63) is 65.4 Å². The van der Waals surface area contributed by atoms with Gasteiger partial charge < -0.3 is 4.74 Å². The Morgan fingerprint density at radius 1 is 1.00 bits per heavy atom. The van der Waals surface area contributed by atoms with E-state index in [1.54, 1.807) is 23.5 Å². The molecule has 0 unspecified atom stereocenters. The summed E-state index contributed by atoms with van der Waals surface area (Å²) in [4.78, 5) is 4.39. The highest BCUT2D eigenvalue weighted by atomic mass is 35.5. The molecule has 0 spiro atoms. The van der Waals surface area contributed by atoms with Gasteiger partial charge in [0.25, 0.3) is 0 Å². The Bertz CT molecular complexity index is 1250. The first-order chi connectivity index (χ1) is 12.8. The minimum Gasteiger partial charge on any atom is -0.437 e. The van der Waals surface area contributed by atoms with Crippen LogP contribution in [-0.2, 0) is 0 Å². The summed E-state index contributed by atoms with van der Waals surface area (Å²) >= 11 is 7.61. The summed E-state index contributed by atoms with van der Waals surface area (Å²) in [5, 5.41) is 12.2. The van der Waals surface area contributed by atoms with Crippen LogP contribution in [0.3, 0.4) is 0 Å². The van der Waals surface area contributed by atoms with E-state index >= 15 is 0 Å². The fourth-order valence-electron chi connectivity index (χ4n) is 2.73. The van der Waals surface area contributed by atoms with Crippen molar-refractivity contribution >= 4 is 38.8 Å². The first-order valence-corrected chi connectivity index (χ1v) is 9.02. The third kappa shape index (κ3) is 2.58. The van der Waals surface area contributed by atoms with Crippen molar-refractivity contribution in [1.29, 1.82) is 0 Å². The molecule has 0 N–H and O–H groups in total. The summed E-state index contributed by atoms with van der Waals surface area (Å²) in [6.45, 7) is 0. The molecule has 6 nitrogen and oxygen atoms in total. The molecular formula is C18H10ClN5OS. The van der Waals surface area contributed by atoms with Crippen molar-refractivity contribution < 1.29 is 4.74 Å². The number of fused-ring (bicyclic) bond motifs is 2. The number of halogens is 1. The van der Waals surface area contributed by atoms with E-state index in [4.69, 9.17) is 16.3 Å². The number of ether oxygens (including phenoxy) is 1. The smallest absolute Gasteiger partial charge is 0.246 e. The number of aromatic nitrogens is 5. The number of thiazole rings is 1. The lowest BCUT2D eigenvalue weighted by Gasteiger charge is -2.10. The van der Waals surface area contributed by atoms with E-state index in [0.717, 1.165) is 21.3 Å². The Morgan fingerprint density at radius 3 is 2.88 bits per heavy atom. The standard InChI is InChI=1S/C18H10ClN5OS/c19-18-22-21-16-7-8-17(23-24(16)18)25-14-4-2-1-3-12(14)11-5-6-15-13(9-11)20-10-26-15/h1-10H. The number of hydrogen-bond donors (Lipinski definition) is 0. The average molecular weight is 380 g/mol. The summed E-state index contributed by atoms with van der Waals surface area (Å²) in [5.41, 5.74) is 5.36. The molecule has 8 heteroatoms. The van der Waals surface area contributed by atoms with Crippen LogP contribution in [0.1, 0.15) is 0 Å². The molecule has 0 amide bonds. The van der Waals surface area contributed by atoms with Gasteiger partial charge in [0.1, 0.15) is 5.75 Å². The Balaban J connectivity index is 1.57. The second-order valence-electron chi connectivity index (χ2n) is 5.54. The maximum absolute atomic E-state index is 6.03. The highest BCUT2D eigenvalue weighted by Crippen LogP contribution is 2.34. The molecule has 0 bridgehead atoms. The van der Waals surface area contributed by atoms with Crippen molar-refractivity contribution in [2.24, 2.45) is 0 Å². The van der Waals surface area contributed by atoms with E-state index in [9.17, 15) is 0 Å². The number of para-hydroxylation sites is 1. The number of benzene rings is 2. The van der Waals surface area contributed by atoms with E-state index in [2.05, 4.69) is 38.5 Å². The predicted molar refractivity (Wildman–Crippen MR) is 101 cm³/mol. The van der Waals surface area contributed by atoms with Crippen LogP contribution in [0, 0.1) is 0 Å². The van der Waals surface area contributed by atoms with E-state index in [1.165, 1.54) is 4.52 Å². The molecule has 0 atom stereocenters. The van der Waals surface area contributed by atoms with Gasteiger partial charge in [-0.25, -0.2) is 4.98 Å². The quantitative estimate of drug-likeness (QED) is 0.448. The van der Waals surface area contributed by atoms with Crippen LogP contribution in [0.15, 0.2) is 60.1 Å². The molecule has 0 fully saturated rings. The van der Waals surface area contributed by atoms with Crippen LogP contribution in [-0.4, -0.2) is 24.8 Å². The first kappa shape index (κ1) is 15.2. The maximum atomic E-state index is 6.03. The van der Waals surface area contributed by atoms with Gasteiger partial charge >= 0.3 is 0 Å². The van der Waals surface area contributed by atoms with Crippen molar-refractivity contribution in [1.82, 2.24) is 24.8 Å². The highest BCUT2D eigenvalue weighted by Gasteiger charge is 2.11. The van der Waals surface area contributed by atoms with Crippen LogP contribution in [0.25, 0.3) is 27.0 Å². The Labute approximate surface area is 156 Å². The normalized spacial score (nSPS) is 11.3. The molecular weight excluding hydrogens is 370 g/mol. The van der Waals surface area contributed by atoms with Gasteiger partial charge in [-0.15, -0.1) is 26.6 Å². The van der Waals surface area contributed by atoms with Gasteiger partial charge in [0.2, 0.25) is 11.2 Å². The molecule has 0 aliphatic rings. The van der Waals surface area contributed by atoms with Crippen LogP contribution < -0.4 is 4.74 Å². The largest absolute Gasteiger partial charge is 0.437 e. The van der Waals surface area contributed by atoms with E-state index in [1.807, 2.05) is 29.8 Å². The minimum absolute atomic E-state index is 0.188. The molecule has 2 aromatic carbocycles. The summed E-state index contributed by atoms with van der Waals surface area (Å²) in [5.74, 6) is 1.10. The number of hydrogen-bond acceptors (Lipinski definition) is 6. The SMILES string of the molecule is Clc1nnc2ccc(Oc3ccccc3-c3ccc4scnc4c3)nn12. The van der Waals surface area contributed by atoms with Crippen LogP contribution in [0.4, 0.5) is 0 Å². The summed E-state index contributed by atoms with van der Waals surface area (Å²) in [7, 11) is 0. The Morgan fingerprint density at radius 2 is 1.92 bits per heavy atom. The second-order valence-corrected chi connectivity index (χ2v) is 6.77. The summed E-state index contributed by atoms with van der Waals surface area (Å²) in [6, 6.07) is 17.5. The third-order valence-corrected chi connectivity index (χ3v) is 4.99. The van der Waals surface area contributed by atoms with Crippen LogP contribution in [0.2, 0.25) is 5.28 Å². The maximum Gasteiger partial charge on any atom is 0.246 e. The zero-order valence-electron chi connectivity index (χ0n) is 13.2. The molecule has 5 aromatic rings. The van der Waals surface area contributed by atoms with Gasteiger partial charge in [-0.2, -0.15) is 4.52 Å². The van der Waals surface area contributed by atoms with Gasteiger partial charge in [0, 0.05) is 11.6 Å². The van der Waals surface area contributed by atoms with Gasteiger partial charge in [-0.1, -0.05) is 24.3 Å². The van der Waals surface area contributed by atoms with Crippen molar-refractivity contribution in [2.45, 2.75) is 0 Å². The molecule has 0 saturated heterocycles. The Hall–Kier alpha value is -3.03. The molecule has 3 aromatic heterocycles. The minimum atomic E-state index is 0.188. The lowest BCUT2D eigenvalue weighted by atomic mass is 10.0. The van der Waals surface area contributed by atoms with Crippen molar-refractivity contribution in [3.8, 4) is 22.8 Å². The molecule has 26 heavy (non-hydrogen) atoms. The highest BCUT2D eigenvalue weighted by molar-refractivity contribution is 7.16. The molecule has 5 rings (SSSR count). The van der Waals surface area contributed by atoms with Gasteiger partial charge in [-0.05, 0) is 41.4 Å². The fourth-order valence-corrected chi connectivity index (χ4v) is 3.55. The van der Waals surface area contributed by atoms with E-state index in [-0.39, 0.29) is 5.28 Å². The van der Waals surface area contributed by atoms with Crippen molar-refractivity contribution in [3.63, 3.8) is 0 Å². The zero-order chi connectivity index (χ0) is 17.5. The van der Waals surface area contributed by atoms with Gasteiger partial charge in [0.05, 0.1) is 15.7 Å². The van der Waals surface area contributed by atoms with Gasteiger partial charge in [-0.3, -0.25) is 0 Å². The topological polar surface area (TPSA) is 65.2 Å². The average Bonchev–Trinajstić information content (AvgIpc) is 3.28. The summed E-state index contributed by atoms with van der Waals surface area (Å²) < 4.78 is 8.61. The zero-order valence-corrected chi connectivity index (χ0v) is 14.8. The number of nitrogens with zero attached hydrogens (tertiary/aromatic N) is 5. The van der Waals surface area contributed by atoms with Crippen molar-refractivity contribution in [2.75, 3.05) is 0 Å². The summed E-state index contributed by atoms with van der Waals surface area (Å²) in [6.07, 6.45) is 0. The lowest BCUT2D eigenvalue weighted by molar-refractivity contribution is 0.454. The fraction of sp³-hybridized carbons (Fsp3) is 0. The van der Waals surface area contributed by atoms with Crippen LogP contribution >= 0.6 is 22.9 Å². The molecule has 126 valence electrons. The van der Waals surface area contributed by atoms with E-state index in [0.29, 0.717) is 17.3 Å². The Kier molecular flexibility index (Phi) is 3.55. The monoisotopic (exact) mass is 379 g/mol.